The van der Waals surface area contributed by atoms with Gasteiger partial charge in [-0.3, -0.25) is 0 Å². The van der Waals surface area contributed by atoms with E-state index in [-0.39, 0.29) is 11.5 Å². The number of benzene rings is 5. The van der Waals surface area contributed by atoms with Gasteiger partial charge in [0.15, 0.2) is 0 Å². The zero-order valence-electron chi connectivity index (χ0n) is 22.4. The number of ether oxygens (including phenoxy) is 1. The van der Waals surface area contributed by atoms with Crippen LogP contribution in [0.3, 0.4) is 0 Å². The molecule has 0 heterocycles. The third-order valence-corrected chi connectivity index (χ3v) is 11.5. The fourth-order valence-corrected chi connectivity index (χ4v) is 9.50. The number of phenolic OH excluding ortho intramolecular Hbond substituents is 2. The lowest BCUT2D eigenvalue weighted by molar-refractivity contribution is 0.308. The first kappa shape index (κ1) is 27.2. The fraction of sp³-hybridized carbons (Fsp3) is 0.111. The molecule has 0 radical (unpaired) electrons. The van der Waals surface area contributed by atoms with E-state index in [9.17, 15) is 10.2 Å². The molecule has 5 aromatic carbocycles. The molecule has 0 atom stereocenters. The van der Waals surface area contributed by atoms with Crippen molar-refractivity contribution in [1.82, 2.24) is 0 Å². The Hall–Kier alpha value is -4.33. The maximum absolute atomic E-state index is 10.3. The Labute approximate surface area is 237 Å². The molecule has 4 heteroatoms. The van der Waals surface area contributed by atoms with E-state index in [2.05, 4.69) is 91.0 Å². The second kappa shape index (κ2) is 13.2. The van der Waals surface area contributed by atoms with Crippen molar-refractivity contribution in [2.75, 3.05) is 12.8 Å². The normalized spacial score (nSPS) is 11.5. The van der Waals surface area contributed by atoms with E-state index in [1.54, 1.807) is 24.3 Å². The minimum atomic E-state index is -1.84. The van der Waals surface area contributed by atoms with Crippen LogP contribution in [0.1, 0.15) is 24.0 Å². The van der Waals surface area contributed by atoms with Crippen LogP contribution < -0.4 is 20.7 Å². The van der Waals surface area contributed by atoms with Crippen LogP contribution in [-0.2, 0) is 0 Å². The van der Waals surface area contributed by atoms with Crippen molar-refractivity contribution in [3.63, 3.8) is 0 Å². The monoisotopic (exact) mass is 545 g/mol. The van der Waals surface area contributed by atoms with Crippen molar-refractivity contribution in [3.8, 4) is 17.2 Å². The van der Waals surface area contributed by atoms with Crippen molar-refractivity contribution in [3.05, 3.63) is 145 Å². The average Bonchev–Trinajstić information content (AvgIpc) is 3.00. The van der Waals surface area contributed by atoms with Gasteiger partial charge in [-0.1, -0.05) is 78.9 Å². The zero-order valence-corrected chi connectivity index (χ0v) is 23.3. The highest BCUT2D eigenvalue weighted by Gasteiger charge is 2.44. The molecule has 2 N–H and O–H groups in total. The van der Waals surface area contributed by atoms with Gasteiger partial charge in [0.05, 0.1) is 12.8 Å². The number of aromatic hydroxyl groups is 2. The lowest BCUT2D eigenvalue weighted by atomic mass is 10.1. The highest BCUT2D eigenvalue weighted by atomic mass is 31.2. The maximum Gasteiger partial charge on any atom is 0.123 e. The summed E-state index contributed by atoms with van der Waals surface area (Å²) in [7, 11) is -1.84. The molecule has 0 bridgehead atoms. The van der Waals surface area contributed by atoms with Gasteiger partial charge in [-0.15, -0.1) is 0 Å². The molecular formula is C36H34O3P+. The van der Waals surface area contributed by atoms with Crippen LogP contribution in [0.4, 0.5) is 0 Å². The number of hydrogen-bond acceptors (Lipinski definition) is 3. The zero-order chi connectivity index (χ0) is 27.6. The van der Waals surface area contributed by atoms with Crippen molar-refractivity contribution in [2.45, 2.75) is 12.8 Å². The number of hydrogen-bond donors (Lipinski definition) is 2. The van der Waals surface area contributed by atoms with Gasteiger partial charge in [0.2, 0.25) is 0 Å². The Balaban J connectivity index is 1.29. The van der Waals surface area contributed by atoms with Crippen molar-refractivity contribution >= 4 is 35.3 Å². The van der Waals surface area contributed by atoms with Crippen LogP contribution in [0.15, 0.2) is 133 Å². The van der Waals surface area contributed by atoms with Gasteiger partial charge in [-0.05, 0) is 84.6 Å². The highest BCUT2D eigenvalue weighted by Crippen LogP contribution is 2.55. The molecule has 0 saturated carbocycles. The smallest absolute Gasteiger partial charge is 0.123 e. The standard InChI is InChI=1S/C36H33O3P/c37-31-22-20-29(21-23-31)18-19-30-26-32(38)28-33(27-30)39-24-10-11-25-40(34-12-4-1-5-13-34,35-14-6-2-7-15-35)36-16-8-3-9-17-36/h1-9,12-23,26-28H,10-11,24-25H2,(H-,37,38)/p+1/b19-18+. The van der Waals surface area contributed by atoms with Gasteiger partial charge < -0.3 is 14.9 Å². The molecule has 0 aliphatic rings. The Bertz CT molecular complexity index is 1420. The van der Waals surface area contributed by atoms with E-state index < -0.39 is 7.26 Å². The predicted molar refractivity (Wildman–Crippen MR) is 170 cm³/mol. The average molecular weight is 546 g/mol. The summed E-state index contributed by atoms with van der Waals surface area (Å²) in [5.41, 5.74) is 1.82. The fourth-order valence-electron chi connectivity index (χ4n) is 5.09. The first-order valence-electron chi connectivity index (χ1n) is 13.6. The van der Waals surface area contributed by atoms with E-state index in [1.807, 2.05) is 30.4 Å². The topological polar surface area (TPSA) is 49.7 Å². The van der Waals surface area contributed by atoms with Crippen LogP contribution in [0.25, 0.3) is 12.2 Å². The summed E-state index contributed by atoms with van der Waals surface area (Å²) in [6.07, 6.45) is 6.84. The molecule has 200 valence electrons. The minimum absolute atomic E-state index is 0.171. The molecule has 3 nitrogen and oxygen atoms in total. The minimum Gasteiger partial charge on any atom is -0.508 e. The molecule has 40 heavy (non-hydrogen) atoms. The van der Waals surface area contributed by atoms with E-state index in [0.29, 0.717) is 12.4 Å². The molecule has 0 unspecified atom stereocenters. The third kappa shape index (κ3) is 6.62. The summed E-state index contributed by atoms with van der Waals surface area (Å²) in [5.74, 6) is 1.06. The van der Waals surface area contributed by atoms with E-state index in [4.69, 9.17) is 4.74 Å². The van der Waals surface area contributed by atoms with Crippen molar-refractivity contribution in [1.29, 1.82) is 0 Å². The molecule has 0 amide bonds. The van der Waals surface area contributed by atoms with Crippen LogP contribution in [0.5, 0.6) is 17.2 Å². The van der Waals surface area contributed by atoms with Gasteiger partial charge in [0.1, 0.15) is 40.4 Å². The summed E-state index contributed by atoms with van der Waals surface area (Å²) in [6, 6.07) is 45.1. The molecule has 0 aliphatic carbocycles. The van der Waals surface area contributed by atoms with Gasteiger partial charge in [0.25, 0.3) is 0 Å². The van der Waals surface area contributed by atoms with Crippen LogP contribution in [0, 0.1) is 0 Å². The van der Waals surface area contributed by atoms with Gasteiger partial charge >= 0.3 is 0 Å². The van der Waals surface area contributed by atoms with Gasteiger partial charge in [-0.25, -0.2) is 0 Å². The first-order valence-corrected chi connectivity index (χ1v) is 15.6. The summed E-state index contributed by atoms with van der Waals surface area (Å²) >= 11 is 0. The Kier molecular flexibility index (Phi) is 8.96. The van der Waals surface area contributed by atoms with E-state index in [1.165, 1.54) is 15.9 Å². The Morgan fingerprint density at radius 2 is 1.05 bits per heavy atom. The molecule has 5 aromatic rings. The summed E-state index contributed by atoms with van der Waals surface area (Å²) in [6.45, 7) is 0.572. The largest absolute Gasteiger partial charge is 0.508 e. The quantitative estimate of drug-likeness (QED) is 0.103. The highest BCUT2D eigenvalue weighted by molar-refractivity contribution is 7.95. The lowest BCUT2D eigenvalue weighted by Crippen LogP contribution is -2.33. The molecular weight excluding hydrogens is 511 g/mol. The van der Waals surface area contributed by atoms with Gasteiger partial charge in [0, 0.05) is 6.07 Å². The van der Waals surface area contributed by atoms with E-state index >= 15 is 0 Å². The summed E-state index contributed by atoms with van der Waals surface area (Å²) in [4.78, 5) is 0. The van der Waals surface area contributed by atoms with Gasteiger partial charge in [-0.2, -0.15) is 0 Å². The van der Waals surface area contributed by atoms with E-state index in [0.717, 1.165) is 30.1 Å². The first-order chi connectivity index (χ1) is 19.6. The number of rotatable bonds is 11. The summed E-state index contributed by atoms with van der Waals surface area (Å²) in [5, 5.41) is 23.9. The second-order valence-corrected chi connectivity index (χ2v) is 13.4. The van der Waals surface area contributed by atoms with Crippen LogP contribution in [-0.4, -0.2) is 23.0 Å². The molecule has 0 aromatic heterocycles. The Morgan fingerprint density at radius 3 is 1.60 bits per heavy atom. The Morgan fingerprint density at radius 1 is 0.525 bits per heavy atom. The predicted octanol–water partition coefficient (Wildman–Crippen LogP) is 7.42. The molecule has 5 rings (SSSR count). The summed E-state index contributed by atoms with van der Waals surface area (Å²) < 4.78 is 6.11. The lowest BCUT2D eigenvalue weighted by Gasteiger charge is -2.27. The molecule has 0 aliphatic heterocycles. The van der Waals surface area contributed by atoms with Crippen molar-refractivity contribution in [2.24, 2.45) is 0 Å². The molecule has 0 spiro atoms. The van der Waals surface area contributed by atoms with Crippen molar-refractivity contribution < 1.29 is 14.9 Å². The third-order valence-electron chi connectivity index (χ3n) is 7.02. The molecule has 0 fully saturated rings. The SMILES string of the molecule is Oc1ccc(/C=C/c2cc(O)cc(OCCCC[P+](c3ccccc3)(c3ccccc3)c3ccccc3)c2)cc1. The van der Waals surface area contributed by atoms with Crippen LogP contribution >= 0.6 is 7.26 Å². The molecule has 0 saturated heterocycles. The number of unbranched alkanes of at least 4 members (excludes halogenated alkanes) is 1. The van der Waals surface area contributed by atoms with Crippen LogP contribution in [0.2, 0.25) is 0 Å². The number of phenols is 2. The second-order valence-electron chi connectivity index (χ2n) is 9.78. The maximum atomic E-state index is 10.3.